The number of aliphatic hydroxyl groups excluding tert-OH is 1. The zero-order valence-electron chi connectivity index (χ0n) is 14.6. The van der Waals surface area contributed by atoms with Crippen molar-refractivity contribution in [3.63, 3.8) is 0 Å². The van der Waals surface area contributed by atoms with E-state index < -0.39 is 6.10 Å². The Hall–Kier alpha value is -1.88. The van der Waals surface area contributed by atoms with Gasteiger partial charge in [0.05, 0.1) is 12.6 Å². The van der Waals surface area contributed by atoms with Gasteiger partial charge >= 0.3 is 0 Å². The summed E-state index contributed by atoms with van der Waals surface area (Å²) in [5, 5.41) is 9.75. The third-order valence-electron chi connectivity index (χ3n) is 4.78. The van der Waals surface area contributed by atoms with Gasteiger partial charge in [0.15, 0.2) is 0 Å². The number of carbonyl (C=O) groups excluding carboxylic acids is 2. The van der Waals surface area contributed by atoms with Crippen LogP contribution in [0.1, 0.15) is 32.3 Å². The van der Waals surface area contributed by atoms with Crippen LogP contribution < -0.4 is 0 Å². The van der Waals surface area contributed by atoms with Gasteiger partial charge in [0.25, 0.3) is 0 Å². The molecule has 1 aromatic rings. The van der Waals surface area contributed by atoms with Crippen LogP contribution in [-0.4, -0.2) is 59.0 Å². The van der Waals surface area contributed by atoms with E-state index in [2.05, 4.69) is 0 Å². The van der Waals surface area contributed by atoms with E-state index in [1.54, 1.807) is 16.7 Å². The van der Waals surface area contributed by atoms with Crippen molar-refractivity contribution in [3.05, 3.63) is 35.9 Å². The van der Waals surface area contributed by atoms with Crippen LogP contribution in [0.15, 0.2) is 30.3 Å². The molecule has 0 aromatic heterocycles. The molecule has 1 N–H and O–H groups in total. The largest absolute Gasteiger partial charge is 0.393 e. The van der Waals surface area contributed by atoms with E-state index in [1.165, 1.54) is 6.92 Å². The van der Waals surface area contributed by atoms with Gasteiger partial charge in [-0.2, -0.15) is 0 Å². The molecule has 5 nitrogen and oxygen atoms in total. The number of likely N-dealkylation sites (tertiary alicyclic amines) is 1. The standard InChI is InChI=1S/C19H28N2O3/c1-15(22)18-9-6-11-21(13-18)19(24)14-20(16(2)23)12-10-17-7-4-3-5-8-17/h3-5,7-8,15,18,22H,6,9-14H2,1-2H3. The maximum Gasteiger partial charge on any atom is 0.242 e. The number of hydrogen-bond donors (Lipinski definition) is 1. The van der Waals surface area contributed by atoms with E-state index in [0.717, 1.165) is 24.8 Å². The number of aliphatic hydroxyl groups is 1. The quantitative estimate of drug-likeness (QED) is 0.862. The highest BCUT2D eigenvalue weighted by Gasteiger charge is 2.27. The Balaban J connectivity index is 1.89. The summed E-state index contributed by atoms with van der Waals surface area (Å²) >= 11 is 0. The predicted octanol–water partition coefficient (Wildman–Crippen LogP) is 1.70. The first kappa shape index (κ1) is 18.5. The van der Waals surface area contributed by atoms with E-state index in [1.807, 2.05) is 30.3 Å². The molecule has 0 spiro atoms. The van der Waals surface area contributed by atoms with Crippen molar-refractivity contribution in [1.29, 1.82) is 0 Å². The molecule has 5 heteroatoms. The Morgan fingerprint density at radius 2 is 2.04 bits per heavy atom. The second kappa shape index (κ2) is 8.83. The molecule has 1 saturated heterocycles. The summed E-state index contributed by atoms with van der Waals surface area (Å²) < 4.78 is 0. The highest BCUT2D eigenvalue weighted by molar-refractivity contribution is 5.83. The van der Waals surface area contributed by atoms with Crippen LogP contribution in [0.25, 0.3) is 0 Å². The minimum absolute atomic E-state index is 0.0244. The molecular formula is C19H28N2O3. The summed E-state index contributed by atoms with van der Waals surface area (Å²) in [5.41, 5.74) is 1.16. The van der Waals surface area contributed by atoms with Crippen molar-refractivity contribution >= 4 is 11.8 Å². The lowest BCUT2D eigenvalue weighted by atomic mass is 9.93. The van der Waals surface area contributed by atoms with Gasteiger partial charge in [0.1, 0.15) is 0 Å². The van der Waals surface area contributed by atoms with Crippen LogP contribution in [0.2, 0.25) is 0 Å². The van der Waals surface area contributed by atoms with Gasteiger partial charge < -0.3 is 14.9 Å². The van der Waals surface area contributed by atoms with Crippen LogP contribution in [0.5, 0.6) is 0 Å². The topological polar surface area (TPSA) is 60.9 Å². The molecule has 2 unspecified atom stereocenters. The number of amides is 2. The Bertz CT molecular complexity index is 545. The molecule has 2 rings (SSSR count). The third kappa shape index (κ3) is 5.34. The molecule has 1 aromatic carbocycles. The van der Waals surface area contributed by atoms with E-state index in [4.69, 9.17) is 0 Å². The van der Waals surface area contributed by atoms with Crippen molar-refractivity contribution in [2.75, 3.05) is 26.2 Å². The molecule has 1 aliphatic rings. The lowest BCUT2D eigenvalue weighted by molar-refractivity contribution is -0.141. The zero-order valence-corrected chi connectivity index (χ0v) is 14.6. The second-order valence-corrected chi connectivity index (χ2v) is 6.66. The minimum Gasteiger partial charge on any atom is -0.393 e. The molecule has 24 heavy (non-hydrogen) atoms. The zero-order chi connectivity index (χ0) is 17.5. The molecule has 0 aliphatic carbocycles. The van der Waals surface area contributed by atoms with E-state index >= 15 is 0 Å². The molecule has 2 amide bonds. The number of carbonyl (C=O) groups is 2. The Morgan fingerprint density at radius 1 is 1.33 bits per heavy atom. The second-order valence-electron chi connectivity index (χ2n) is 6.66. The fourth-order valence-electron chi connectivity index (χ4n) is 3.15. The van der Waals surface area contributed by atoms with Crippen molar-refractivity contribution < 1.29 is 14.7 Å². The van der Waals surface area contributed by atoms with Gasteiger partial charge in [0, 0.05) is 32.5 Å². The summed E-state index contributed by atoms with van der Waals surface area (Å²) in [4.78, 5) is 27.8. The monoisotopic (exact) mass is 332 g/mol. The molecule has 2 atom stereocenters. The van der Waals surface area contributed by atoms with Crippen LogP contribution >= 0.6 is 0 Å². The average molecular weight is 332 g/mol. The van der Waals surface area contributed by atoms with Gasteiger partial charge in [-0.25, -0.2) is 0 Å². The van der Waals surface area contributed by atoms with E-state index in [0.29, 0.717) is 19.6 Å². The first-order chi connectivity index (χ1) is 11.5. The van der Waals surface area contributed by atoms with Crippen LogP contribution in [0.3, 0.4) is 0 Å². The van der Waals surface area contributed by atoms with Crippen LogP contribution in [0, 0.1) is 5.92 Å². The summed E-state index contributed by atoms with van der Waals surface area (Å²) in [6, 6.07) is 9.96. The molecule has 132 valence electrons. The van der Waals surface area contributed by atoms with E-state index in [9.17, 15) is 14.7 Å². The first-order valence-electron chi connectivity index (χ1n) is 8.72. The highest BCUT2D eigenvalue weighted by atomic mass is 16.3. The lowest BCUT2D eigenvalue weighted by Gasteiger charge is -2.35. The number of rotatable bonds is 6. The number of hydrogen-bond acceptors (Lipinski definition) is 3. The molecule has 1 heterocycles. The molecule has 0 saturated carbocycles. The van der Waals surface area contributed by atoms with Crippen molar-refractivity contribution in [1.82, 2.24) is 9.80 Å². The number of nitrogens with zero attached hydrogens (tertiary/aromatic N) is 2. The van der Waals surface area contributed by atoms with E-state index in [-0.39, 0.29) is 24.3 Å². The highest BCUT2D eigenvalue weighted by Crippen LogP contribution is 2.20. The summed E-state index contributed by atoms with van der Waals surface area (Å²) in [5.74, 6) is 0.0322. The molecular weight excluding hydrogens is 304 g/mol. The van der Waals surface area contributed by atoms with Crippen LogP contribution in [-0.2, 0) is 16.0 Å². The summed E-state index contributed by atoms with van der Waals surface area (Å²) in [7, 11) is 0. The van der Waals surface area contributed by atoms with Gasteiger partial charge in [0.2, 0.25) is 11.8 Å². The Kier molecular flexibility index (Phi) is 6.79. The minimum atomic E-state index is -0.400. The fraction of sp³-hybridized carbons (Fsp3) is 0.579. The maximum absolute atomic E-state index is 12.5. The van der Waals surface area contributed by atoms with Gasteiger partial charge in [-0.15, -0.1) is 0 Å². The van der Waals surface area contributed by atoms with Crippen LogP contribution in [0.4, 0.5) is 0 Å². The number of benzene rings is 1. The molecule has 1 fully saturated rings. The number of piperidine rings is 1. The van der Waals surface area contributed by atoms with Gasteiger partial charge in [-0.05, 0) is 31.7 Å². The Morgan fingerprint density at radius 3 is 2.67 bits per heavy atom. The molecule has 0 radical (unpaired) electrons. The molecule has 0 bridgehead atoms. The predicted molar refractivity (Wildman–Crippen MR) is 93.4 cm³/mol. The van der Waals surface area contributed by atoms with Gasteiger partial charge in [-0.3, -0.25) is 9.59 Å². The van der Waals surface area contributed by atoms with Crippen molar-refractivity contribution in [2.24, 2.45) is 5.92 Å². The average Bonchev–Trinajstić information content (AvgIpc) is 2.59. The Labute approximate surface area is 144 Å². The molecule has 1 aliphatic heterocycles. The first-order valence-corrected chi connectivity index (χ1v) is 8.72. The van der Waals surface area contributed by atoms with Crippen molar-refractivity contribution in [3.8, 4) is 0 Å². The normalized spacial score (nSPS) is 19.0. The smallest absolute Gasteiger partial charge is 0.242 e. The summed E-state index contributed by atoms with van der Waals surface area (Å²) in [6.07, 6.45) is 2.20. The van der Waals surface area contributed by atoms with Crippen molar-refractivity contribution in [2.45, 2.75) is 39.2 Å². The third-order valence-corrected chi connectivity index (χ3v) is 4.78. The SMILES string of the molecule is CC(=O)N(CCc1ccccc1)CC(=O)N1CCCC(C(C)O)C1. The summed E-state index contributed by atoms with van der Waals surface area (Å²) in [6.45, 7) is 5.24. The van der Waals surface area contributed by atoms with Gasteiger partial charge in [-0.1, -0.05) is 30.3 Å². The fourth-order valence-corrected chi connectivity index (χ4v) is 3.15. The maximum atomic E-state index is 12.5. The lowest BCUT2D eigenvalue weighted by Crippen LogP contribution is -2.48.